The number of rotatable bonds is 6. The maximum Gasteiger partial charge on any atom is 0.227 e. The minimum atomic E-state index is 0.882. The van der Waals surface area contributed by atoms with Crippen molar-refractivity contribution in [1.82, 2.24) is 9.97 Å². The normalized spacial score (nSPS) is 13.7. The zero-order chi connectivity index (χ0) is 16.9. The Morgan fingerprint density at radius 1 is 1.04 bits per heavy atom. The van der Waals surface area contributed by atoms with E-state index in [1.165, 1.54) is 11.1 Å². The summed E-state index contributed by atoms with van der Waals surface area (Å²) in [6.07, 6.45) is 3.32. The van der Waals surface area contributed by atoms with Crippen LogP contribution in [0.4, 0.5) is 11.8 Å². The third-order valence-electron chi connectivity index (χ3n) is 4.55. The van der Waals surface area contributed by atoms with Crippen LogP contribution in [0, 0.1) is 6.92 Å². The molecule has 0 unspecified atom stereocenters. The minimum absolute atomic E-state index is 0.882. The smallest absolute Gasteiger partial charge is 0.227 e. The summed E-state index contributed by atoms with van der Waals surface area (Å²) in [6.45, 7) is 10.5. The van der Waals surface area contributed by atoms with E-state index in [1.807, 2.05) is 0 Å². The predicted octanol–water partition coefficient (Wildman–Crippen LogP) is 3.97. The first-order valence-electron chi connectivity index (χ1n) is 9.13. The maximum atomic E-state index is 4.91. The average Bonchev–Trinajstić information content (AvgIpc) is 2.60. The lowest BCUT2D eigenvalue weighted by Crippen LogP contribution is -2.32. The third kappa shape index (κ3) is 3.69. The summed E-state index contributed by atoms with van der Waals surface area (Å²) in [7, 11) is 0. The van der Waals surface area contributed by atoms with Crippen LogP contribution in [0.25, 0.3) is 0 Å². The Morgan fingerprint density at radius 2 is 1.75 bits per heavy atom. The van der Waals surface area contributed by atoms with Crippen molar-refractivity contribution in [3.63, 3.8) is 0 Å². The summed E-state index contributed by atoms with van der Waals surface area (Å²) < 4.78 is 0. The molecule has 2 aromatic rings. The van der Waals surface area contributed by atoms with Crippen molar-refractivity contribution < 1.29 is 0 Å². The molecule has 0 spiro atoms. The van der Waals surface area contributed by atoms with Crippen LogP contribution in [0.3, 0.4) is 0 Å². The van der Waals surface area contributed by atoms with Crippen LogP contribution in [0.1, 0.15) is 43.5 Å². The van der Waals surface area contributed by atoms with Gasteiger partial charge in [0, 0.05) is 37.9 Å². The highest BCUT2D eigenvalue weighted by Gasteiger charge is 2.19. The van der Waals surface area contributed by atoms with Gasteiger partial charge in [0.15, 0.2) is 0 Å². The molecule has 0 saturated carbocycles. The number of aryl methyl sites for hydroxylation is 1. The van der Waals surface area contributed by atoms with Gasteiger partial charge in [0.2, 0.25) is 5.95 Å². The zero-order valence-corrected chi connectivity index (χ0v) is 15.1. The fourth-order valence-corrected chi connectivity index (χ4v) is 3.38. The lowest BCUT2D eigenvalue weighted by Gasteiger charge is -2.31. The Hall–Kier alpha value is -2.10. The van der Waals surface area contributed by atoms with Gasteiger partial charge in [-0.25, -0.2) is 4.98 Å². The van der Waals surface area contributed by atoms with Crippen LogP contribution in [-0.4, -0.2) is 29.6 Å². The van der Waals surface area contributed by atoms with E-state index in [-0.39, 0.29) is 0 Å². The van der Waals surface area contributed by atoms with Crippen LogP contribution in [-0.2, 0) is 13.0 Å². The molecule has 0 amide bonds. The zero-order valence-electron chi connectivity index (χ0n) is 15.1. The van der Waals surface area contributed by atoms with Gasteiger partial charge in [-0.2, -0.15) is 4.98 Å². The molecule has 2 heterocycles. The largest absolute Gasteiger partial charge is 0.352 e. The number of nitrogens with zero attached hydrogens (tertiary/aromatic N) is 4. The Kier molecular flexibility index (Phi) is 5.34. The summed E-state index contributed by atoms with van der Waals surface area (Å²) in [5.74, 6) is 1.94. The van der Waals surface area contributed by atoms with E-state index < -0.39 is 0 Å². The standard InChI is InChI=1S/C20H28N4/c1-4-11-23(12-5-2)20-21-16(3)14-19(22-20)24-13-10-17-8-6-7-9-18(17)15-24/h6-9,14H,4-5,10-13,15H2,1-3H3. The second-order valence-electron chi connectivity index (χ2n) is 6.59. The molecule has 0 fully saturated rings. The SMILES string of the molecule is CCCN(CCC)c1nc(C)cc(N2CCc3ccccc3C2)n1. The second-order valence-corrected chi connectivity index (χ2v) is 6.59. The molecule has 3 rings (SSSR count). The quantitative estimate of drug-likeness (QED) is 0.805. The fourth-order valence-electron chi connectivity index (χ4n) is 3.38. The highest BCUT2D eigenvalue weighted by molar-refractivity contribution is 5.48. The number of benzene rings is 1. The Morgan fingerprint density at radius 3 is 2.46 bits per heavy atom. The van der Waals surface area contributed by atoms with E-state index in [4.69, 9.17) is 9.97 Å². The van der Waals surface area contributed by atoms with Crippen LogP contribution in [0.2, 0.25) is 0 Å². The molecular weight excluding hydrogens is 296 g/mol. The number of fused-ring (bicyclic) bond motifs is 1. The minimum Gasteiger partial charge on any atom is -0.352 e. The number of hydrogen-bond acceptors (Lipinski definition) is 4. The van der Waals surface area contributed by atoms with Crippen molar-refractivity contribution in [1.29, 1.82) is 0 Å². The maximum absolute atomic E-state index is 4.91. The second kappa shape index (κ2) is 7.65. The molecule has 24 heavy (non-hydrogen) atoms. The van der Waals surface area contributed by atoms with Crippen molar-refractivity contribution in [3.8, 4) is 0 Å². The molecule has 0 saturated heterocycles. The first-order valence-corrected chi connectivity index (χ1v) is 9.13. The highest BCUT2D eigenvalue weighted by atomic mass is 15.3. The molecule has 128 valence electrons. The van der Waals surface area contributed by atoms with E-state index in [1.54, 1.807) is 0 Å². The monoisotopic (exact) mass is 324 g/mol. The van der Waals surface area contributed by atoms with Gasteiger partial charge in [-0.05, 0) is 37.3 Å². The van der Waals surface area contributed by atoms with Crippen LogP contribution >= 0.6 is 0 Å². The molecule has 4 heteroatoms. The number of anilines is 2. The van der Waals surface area contributed by atoms with E-state index in [9.17, 15) is 0 Å². The molecule has 1 aromatic carbocycles. The lowest BCUT2D eigenvalue weighted by molar-refractivity contribution is 0.698. The first-order chi connectivity index (χ1) is 11.7. The lowest BCUT2D eigenvalue weighted by atomic mass is 10.00. The van der Waals surface area contributed by atoms with Gasteiger partial charge in [0.05, 0.1) is 0 Å². The van der Waals surface area contributed by atoms with Gasteiger partial charge < -0.3 is 9.80 Å². The van der Waals surface area contributed by atoms with Gasteiger partial charge in [-0.1, -0.05) is 38.1 Å². The average molecular weight is 324 g/mol. The van der Waals surface area contributed by atoms with Crippen LogP contribution < -0.4 is 9.80 Å². The van der Waals surface area contributed by atoms with Crippen LogP contribution in [0.15, 0.2) is 30.3 Å². The summed E-state index contributed by atoms with van der Waals surface area (Å²) in [6, 6.07) is 10.9. The molecule has 1 aliphatic heterocycles. The molecule has 0 radical (unpaired) electrons. The third-order valence-corrected chi connectivity index (χ3v) is 4.55. The van der Waals surface area contributed by atoms with Gasteiger partial charge in [-0.15, -0.1) is 0 Å². The first kappa shape index (κ1) is 16.7. The van der Waals surface area contributed by atoms with Gasteiger partial charge in [-0.3, -0.25) is 0 Å². The molecular formula is C20H28N4. The van der Waals surface area contributed by atoms with Crippen molar-refractivity contribution in [2.24, 2.45) is 0 Å². The Bertz CT molecular complexity index is 677. The Labute approximate surface area is 145 Å². The van der Waals surface area contributed by atoms with E-state index in [2.05, 4.69) is 60.9 Å². The van der Waals surface area contributed by atoms with Crippen LogP contribution in [0.5, 0.6) is 0 Å². The van der Waals surface area contributed by atoms with Gasteiger partial charge in [0.25, 0.3) is 0 Å². The van der Waals surface area contributed by atoms with Crippen molar-refractivity contribution in [2.45, 2.75) is 46.6 Å². The molecule has 0 aliphatic carbocycles. The summed E-state index contributed by atoms with van der Waals surface area (Å²) in [5, 5.41) is 0. The topological polar surface area (TPSA) is 32.3 Å². The molecule has 1 aliphatic rings. The summed E-state index contributed by atoms with van der Waals surface area (Å²) in [4.78, 5) is 14.3. The molecule has 0 N–H and O–H groups in total. The Balaban J connectivity index is 1.86. The van der Waals surface area contributed by atoms with E-state index in [0.717, 1.165) is 62.9 Å². The van der Waals surface area contributed by atoms with Gasteiger partial charge in [0.1, 0.15) is 5.82 Å². The molecule has 0 bridgehead atoms. The molecule has 0 atom stereocenters. The van der Waals surface area contributed by atoms with E-state index in [0.29, 0.717) is 0 Å². The molecule has 1 aromatic heterocycles. The van der Waals surface area contributed by atoms with Gasteiger partial charge >= 0.3 is 0 Å². The summed E-state index contributed by atoms with van der Waals surface area (Å²) >= 11 is 0. The van der Waals surface area contributed by atoms with Crippen molar-refractivity contribution in [2.75, 3.05) is 29.4 Å². The number of hydrogen-bond donors (Lipinski definition) is 0. The fraction of sp³-hybridized carbons (Fsp3) is 0.500. The predicted molar refractivity (Wildman–Crippen MR) is 101 cm³/mol. The summed E-state index contributed by atoms with van der Waals surface area (Å²) in [5.41, 5.74) is 3.94. The van der Waals surface area contributed by atoms with Crippen molar-refractivity contribution in [3.05, 3.63) is 47.2 Å². The molecule has 4 nitrogen and oxygen atoms in total. The van der Waals surface area contributed by atoms with Crippen molar-refractivity contribution >= 4 is 11.8 Å². The highest BCUT2D eigenvalue weighted by Crippen LogP contribution is 2.25. The number of aromatic nitrogens is 2. The van der Waals surface area contributed by atoms with E-state index >= 15 is 0 Å².